The van der Waals surface area contributed by atoms with E-state index in [1.54, 1.807) is 43.6 Å². The SMILES string of the molecule is COCCNC(=O)c1ccccc1-c1ncc(-c2ccc(F)cc2)o1. The zero-order valence-corrected chi connectivity index (χ0v) is 13.7. The number of hydrogen-bond acceptors (Lipinski definition) is 4. The fourth-order valence-electron chi connectivity index (χ4n) is 2.38. The van der Waals surface area contributed by atoms with Crippen molar-refractivity contribution >= 4 is 5.91 Å². The Balaban J connectivity index is 1.87. The summed E-state index contributed by atoms with van der Waals surface area (Å²) in [5.41, 5.74) is 1.76. The third-order valence-corrected chi connectivity index (χ3v) is 3.63. The number of benzene rings is 2. The van der Waals surface area contributed by atoms with Crippen LogP contribution in [0.5, 0.6) is 0 Å². The fraction of sp³-hybridized carbons (Fsp3) is 0.158. The molecule has 0 aliphatic rings. The number of rotatable bonds is 6. The Kier molecular flexibility index (Phi) is 5.20. The summed E-state index contributed by atoms with van der Waals surface area (Å²) in [4.78, 5) is 16.6. The molecule has 0 aliphatic heterocycles. The lowest BCUT2D eigenvalue weighted by Crippen LogP contribution is -2.27. The van der Waals surface area contributed by atoms with Crippen molar-refractivity contribution in [3.8, 4) is 22.8 Å². The van der Waals surface area contributed by atoms with Crippen molar-refractivity contribution in [3.63, 3.8) is 0 Å². The molecule has 0 bridgehead atoms. The molecule has 5 nitrogen and oxygen atoms in total. The van der Waals surface area contributed by atoms with Gasteiger partial charge in [0, 0.05) is 24.8 Å². The lowest BCUT2D eigenvalue weighted by Gasteiger charge is -2.07. The smallest absolute Gasteiger partial charge is 0.252 e. The molecule has 3 rings (SSSR count). The van der Waals surface area contributed by atoms with E-state index in [4.69, 9.17) is 9.15 Å². The van der Waals surface area contributed by atoms with Crippen molar-refractivity contribution in [2.24, 2.45) is 0 Å². The van der Waals surface area contributed by atoms with Crippen LogP contribution < -0.4 is 5.32 Å². The van der Waals surface area contributed by atoms with Crippen molar-refractivity contribution in [1.82, 2.24) is 10.3 Å². The minimum atomic E-state index is -0.318. The normalized spacial score (nSPS) is 10.6. The monoisotopic (exact) mass is 340 g/mol. The van der Waals surface area contributed by atoms with Gasteiger partial charge in [-0.3, -0.25) is 4.79 Å². The van der Waals surface area contributed by atoms with Crippen LogP contribution in [0.4, 0.5) is 4.39 Å². The van der Waals surface area contributed by atoms with Crippen LogP contribution in [0.15, 0.2) is 59.1 Å². The summed E-state index contributed by atoms with van der Waals surface area (Å²) in [5.74, 6) is 0.289. The summed E-state index contributed by atoms with van der Waals surface area (Å²) >= 11 is 0. The molecule has 128 valence electrons. The largest absolute Gasteiger partial charge is 0.436 e. The van der Waals surface area contributed by atoms with Crippen LogP contribution >= 0.6 is 0 Å². The Morgan fingerprint density at radius 2 is 1.96 bits per heavy atom. The molecule has 2 aromatic carbocycles. The van der Waals surface area contributed by atoms with Crippen LogP contribution in [0.25, 0.3) is 22.8 Å². The van der Waals surface area contributed by atoms with E-state index in [1.165, 1.54) is 12.1 Å². The van der Waals surface area contributed by atoms with Gasteiger partial charge >= 0.3 is 0 Å². The molecule has 0 aliphatic carbocycles. The van der Waals surface area contributed by atoms with E-state index in [-0.39, 0.29) is 11.7 Å². The number of ether oxygens (including phenoxy) is 1. The average molecular weight is 340 g/mol. The molecule has 0 unspecified atom stereocenters. The molecule has 0 saturated carbocycles. The fourth-order valence-corrected chi connectivity index (χ4v) is 2.38. The number of amides is 1. The van der Waals surface area contributed by atoms with Gasteiger partial charge in [-0.15, -0.1) is 0 Å². The van der Waals surface area contributed by atoms with E-state index in [9.17, 15) is 9.18 Å². The highest BCUT2D eigenvalue weighted by atomic mass is 19.1. The molecule has 25 heavy (non-hydrogen) atoms. The first-order valence-corrected chi connectivity index (χ1v) is 7.77. The quantitative estimate of drug-likeness (QED) is 0.697. The predicted octanol–water partition coefficient (Wildman–Crippen LogP) is 3.52. The molecule has 0 fully saturated rings. The molecule has 1 N–H and O–H groups in total. The van der Waals surface area contributed by atoms with E-state index in [1.807, 2.05) is 6.07 Å². The number of carbonyl (C=O) groups excluding carboxylic acids is 1. The topological polar surface area (TPSA) is 64.4 Å². The highest BCUT2D eigenvalue weighted by Gasteiger charge is 2.16. The van der Waals surface area contributed by atoms with E-state index >= 15 is 0 Å². The van der Waals surface area contributed by atoms with Gasteiger partial charge in [0.1, 0.15) is 5.82 Å². The van der Waals surface area contributed by atoms with Gasteiger partial charge in [0.05, 0.1) is 18.4 Å². The van der Waals surface area contributed by atoms with Crippen LogP contribution in [0.1, 0.15) is 10.4 Å². The molecule has 1 heterocycles. The second kappa shape index (κ2) is 7.72. The summed E-state index contributed by atoms with van der Waals surface area (Å²) in [7, 11) is 1.57. The Bertz CT molecular complexity index is 859. The van der Waals surface area contributed by atoms with Gasteiger partial charge in [0.25, 0.3) is 5.91 Å². The summed E-state index contributed by atoms with van der Waals surface area (Å²) in [6.45, 7) is 0.845. The average Bonchev–Trinajstić information content (AvgIpc) is 3.12. The molecule has 1 aromatic heterocycles. The number of nitrogens with one attached hydrogen (secondary N) is 1. The lowest BCUT2D eigenvalue weighted by molar-refractivity contribution is 0.0937. The minimum Gasteiger partial charge on any atom is -0.436 e. The first kappa shape index (κ1) is 16.9. The first-order chi connectivity index (χ1) is 12.2. The molecule has 0 radical (unpaired) electrons. The molecule has 1 amide bonds. The zero-order valence-electron chi connectivity index (χ0n) is 13.7. The van der Waals surface area contributed by atoms with Crippen LogP contribution in [0.2, 0.25) is 0 Å². The molecular weight excluding hydrogens is 323 g/mol. The van der Waals surface area contributed by atoms with Gasteiger partial charge in [-0.05, 0) is 36.4 Å². The van der Waals surface area contributed by atoms with Gasteiger partial charge in [0.2, 0.25) is 5.89 Å². The number of methoxy groups -OCH3 is 1. The summed E-state index contributed by atoms with van der Waals surface area (Å²) < 4.78 is 23.7. The Labute approximate surface area is 144 Å². The Hall–Kier alpha value is -2.99. The molecular formula is C19H17FN2O3. The Morgan fingerprint density at radius 3 is 2.72 bits per heavy atom. The third-order valence-electron chi connectivity index (χ3n) is 3.63. The van der Waals surface area contributed by atoms with Gasteiger partial charge in [0.15, 0.2) is 5.76 Å². The van der Waals surface area contributed by atoms with E-state index in [2.05, 4.69) is 10.3 Å². The van der Waals surface area contributed by atoms with Gasteiger partial charge in [-0.1, -0.05) is 12.1 Å². The third kappa shape index (κ3) is 3.92. The highest BCUT2D eigenvalue weighted by Crippen LogP contribution is 2.28. The minimum absolute atomic E-state index is 0.228. The number of hydrogen-bond donors (Lipinski definition) is 1. The second-order valence-electron chi connectivity index (χ2n) is 5.33. The van der Waals surface area contributed by atoms with Crippen molar-refractivity contribution in [3.05, 3.63) is 66.1 Å². The maximum atomic E-state index is 13.0. The Morgan fingerprint density at radius 1 is 1.20 bits per heavy atom. The first-order valence-electron chi connectivity index (χ1n) is 7.77. The van der Waals surface area contributed by atoms with Crippen LogP contribution in [-0.4, -0.2) is 31.2 Å². The van der Waals surface area contributed by atoms with Crippen LogP contribution in [-0.2, 0) is 4.74 Å². The van der Waals surface area contributed by atoms with Crippen molar-refractivity contribution < 1.29 is 18.3 Å². The van der Waals surface area contributed by atoms with Crippen LogP contribution in [0, 0.1) is 5.82 Å². The second-order valence-corrected chi connectivity index (χ2v) is 5.33. The van der Waals surface area contributed by atoms with Gasteiger partial charge < -0.3 is 14.5 Å². The van der Waals surface area contributed by atoms with Crippen molar-refractivity contribution in [1.29, 1.82) is 0 Å². The van der Waals surface area contributed by atoms with Gasteiger partial charge in [-0.2, -0.15) is 0 Å². The predicted molar refractivity (Wildman–Crippen MR) is 91.5 cm³/mol. The number of oxazole rings is 1. The number of halogens is 1. The number of aromatic nitrogens is 1. The summed E-state index contributed by atoms with van der Waals surface area (Å²) in [6.07, 6.45) is 1.56. The van der Waals surface area contributed by atoms with Gasteiger partial charge in [-0.25, -0.2) is 9.37 Å². The van der Waals surface area contributed by atoms with Crippen molar-refractivity contribution in [2.75, 3.05) is 20.3 Å². The molecule has 6 heteroatoms. The maximum absolute atomic E-state index is 13.0. The molecule has 0 saturated heterocycles. The summed E-state index contributed by atoms with van der Waals surface area (Å²) in [5, 5.41) is 2.78. The van der Waals surface area contributed by atoms with E-state index in [0.717, 1.165) is 0 Å². The summed E-state index contributed by atoms with van der Waals surface area (Å²) in [6, 6.07) is 13.0. The zero-order chi connectivity index (χ0) is 17.6. The molecule has 0 atom stereocenters. The van der Waals surface area contributed by atoms with Crippen LogP contribution in [0.3, 0.4) is 0 Å². The van der Waals surface area contributed by atoms with E-state index < -0.39 is 0 Å². The number of carbonyl (C=O) groups is 1. The number of nitrogens with zero attached hydrogens (tertiary/aromatic N) is 1. The molecule has 0 spiro atoms. The lowest BCUT2D eigenvalue weighted by atomic mass is 10.1. The molecule has 3 aromatic rings. The van der Waals surface area contributed by atoms with Crippen molar-refractivity contribution in [2.45, 2.75) is 0 Å². The highest BCUT2D eigenvalue weighted by molar-refractivity contribution is 6.00. The maximum Gasteiger partial charge on any atom is 0.252 e. The standard InChI is InChI=1S/C19H17FN2O3/c1-24-11-10-21-18(23)15-4-2-3-5-16(15)19-22-12-17(25-19)13-6-8-14(20)9-7-13/h2-9,12H,10-11H2,1H3,(H,21,23). The van der Waals surface area contributed by atoms with E-state index in [0.29, 0.717) is 41.5 Å².